The van der Waals surface area contributed by atoms with Crippen molar-refractivity contribution in [3.63, 3.8) is 0 Å². The highest BCUT2D eigenvalue weighted by Gasteiger charge is 2.24. The summed E-state index contributed by atoms with van der Waals surface area (Å²) in [6.45, 7) is 3.39. The number of nitrogens with one attached hydrogen (secondary N) is 2. The van der Waals surface area contributed by atoms with E-state index in [1.807, 2.05) is 0 Å². The van der Waals surface area contributed by atoms with E-state index in [9.17, 15) is 4.79 Å². The van der Waals surface area contributed by atoms with Crippen LogP contribution in [0.2, 0.25) is 0 Å². The van der Waals surface area contributed by atoms with Crippen molar-refractivity contribution in [2.45, 2.75) is 32.4 Å². The van der Waals surface area contributed by atoms with Crippen molar-refractivity contribution in [1.82, 2.24) is 20.8 Å². The number of piperidine rings is 1. The molecule has 2 rings (SSSR count). The molecule has 16 heavy (non-hydrogen) atoms. The molecule has 2 N–H and O–H groups in total. The molecule has 0 radical (unpaired) electrons. The van der Waals surface area contributed by atoms with Gasteiger partial charge in [0.25, 0.3) is 0 Å². The lowest BCUT2D eigenvalue weighted by Gasteiger charge is -2.26. The van der Waals surface area contributed by atoms with Gasteiger partial charge in [0.15, 0.2) is 5.82 Å². The van der Waals surface area contributed by atoms with Crippen LogP contribution in [0, 0.1) is 5.92 Å². The van der Waals surface area contributed by atoms with Gasteiger partial charge >= 0.3 is 0 Å². The molecule has 1 aliphatic rings. The molecule has 6 nitrogen and oxygen atoms in total. The first-order valence-corrected chi connectivity index (χ1v) is 5.52. The first-order chi connectivity index (χ1) is 7.75. The van der Waals surface area contributed by atoms with Crippen LogP contribution in [0.3, 0.4) is 0 Å². The zero-order valence-corrected chi connectivity index (χ0v) is 9.27. The Morgan fingerprint density at radius 1 is 1.75 bits per heavy atom. The maximum Gasteiger partial charge on any atom is 0.237 e. The fourth-order valence-electron chi connectivity index (χ4n) is 1.87. The number of aromatic nitrogens is 2. The predicted molar refractivity (Wildman–Crippen MR) is 56.3 cm³/mol. The van der Waals surface area contributed by atoms with Gasteiger partial charge in [-0.2, -0.15) is 4.98 Å². The van der Waals surface area contributed by atoms with Gasteiger partial charge in [0.1, 0.15) is 0 Å². The maximum atomic E-state index is 11.8. The minimum absolute atomic E-state index is 0.0105. The Balaban J connectivity index is 1.79. The molecule has 2 atom stereocenters. The third kappa shape index (κ3) is 2.79. The van der Waals surface area contributed by atoms with Crippen LogP contribution in [-0.4, -0.2) is 28.6 Å². The van der Waals surface area contributed by atoms with Crippen molar-refractivity contribution in [3.8, 4) is 0 Å². The molecule has 1 aromatic heterocycles. The quantitative estimate of drug-likeness (QED) is 0.759. The maximum absolute atomic E-state index is 11.8. The number of amides is 1. The number of rotatable bonds is 3. The summed E-state index contributed by atoms with van der Waals surface area (Å²) in [5, 5.41) is 9.62. The topological polar surface area (TPSA) is 80.0 Å². The normalized spacial score (nSPS) is 25.3. The van der Waals surface area contributed by atoms with Gasteiger partial charge in [-0.3, -0.25) is 4.79 Å². The van der Waals surface area contributed by atoms with E-state index in [0.717, 1.165) is 19.4 Å². The number of carbonyl (C=O) groups excluding carboxylic acids is 1. The minimum Gasteiger partial charge on any atom is -0.347 e. The van der Waals surface area contributed by atoms with E-state index in [0.29, 0.717) is 18.3 Å². The number of hydrogen-bond donors (Lipinski definition) is 2. The van der Waals surface area contributed by atoms with E-state index in [4.69, 9.17) is 0 Å². The Hall–Kier alpha value is -1.43. The van der Waals surface area contributed by atoms with E-state index in [1.165, 1.54) is 6.39 Å². The van der Waals surface area contributed by atoms with Crippen molar-refractivity contribution >= 4 is 5.91 Å². The molecular weight excluding hydrogens is 208 g/mol. The molecule has 0 bridgehead atoms. The summed E-state index contributed by atoms with van der Waals surface area (Å²) in [7, 11) is 0. The first kappa shape index (κ1) is 11.1. The van der Waals surface area contributed by atoms with Crippen molar-refractivity contribution in [2.24, 2.45) is 5.92 Å². The average molecular weight is 224 g/mol. The Morgan fingerprint density at radius 2 is 2.62 bits per heavy atom. The minimum atomic E-state index is -0.0874. The molecule has 88 valence electrons. The third-order valence-corrected chi connectivity index (χ3v) is 2.81. The summed E-state index contributed by atoms with van der Waals surface area (Å²) in [4.78, 5) is 15.6. The second kappa shape index (κ2) is 5.07. The lowest BCUT2D eigenvalue weighted by molar-refractivity contribution is -0.124. The molecule has 0 spiro atoms. The van der Waals surface area contributed by atoms with Crippen LogP contribution < -0.4 is 10.6 Å². The number of nitrogens with zero attached hydrogens (tertiary/aromatic N) is 2. The summed E-state index contributed by atoms with van der Waals surface area (Å²) in [5.74, 6) is 1.11. The Kier molecular flexibility index (Phi) is 3.51. The smallest absolute Gasteiger partial charge is 0.237 e. The number of carbonyl (C=O) groups is 1. The summed E-state index contributed by atoms with van der Waals surface area (Å²) in [6, 6.07) is -0.0874. The Morgan fingerprint density at radius 3 is 3.31 bits per heavy atom. The van der Waals surface area contributed by atoms with E-state index in [-0.39, 0.29) is 11.9 Å². The van der Waals surface area contributed by atoms with E-state index < -0.39 is 0 Å². The molecule has 1 aliphatic heterocycles. The SMILES string of the molecule is CC1CCNC(C(=O)NCc2ncon2)C1. The Bertz CT molecular complexity index is 339. The van der Waals surface area contributed by atoms with Gasteiger partial charge in [-0.05, 0) is 25.3 Å². The van der Waals surface area contributed by atoms with Crippen molar-refractivity contribution in [2.75, 3.05) is 6.54 Å². The average Bonchev–Trinajstić information content (AvgIpc) is 2.78. The molecule has 6 heteroatoms. The molecule has 1 aromatic rings. The molecule has 0 aromatic carbocycles. The summed E-state index contributed by atoms with van der Waals surface area (Å²) in [5.41, 5.74) is 0. The lowest BCUT2D eigenvalue weighted by atomic mass is 9.94. The van der Waals surface area contributed by atoms with Crippen LogP contribution in [0.5, 0.6) is 0 Å². The highest BCUT2D eigenvalue weighted by molar-refractivity contribution is 5.81. The van der Waals surface area contributed by atoms with Crippen LogP contribution in [0.25, 0.3) is 0 Å². The molecule has 2 unspecified atom stereocenters. The van der Waals surface area contributed by atoms with Gasteiger partial charge in [-0.15, -0.1) is 0 Å². The zero-order chi connectivity index (χ0) is 11.4. The van der Waals surface area contributed by atoms with E-state index in [1.54, 1.807) is 0 Å². The van der Waals surface area contributed by atoms with Gasteiger partial charge in [0.05, 0.1) is 12.6 Å². The monoisotopic (exact) mass is 224 g/mol. The van der Waals surface area contributed by atoms with Crippen LogP contribution in [0.15, 0.2) is 10.9 Å². The predicted octanol–water partition coefficient (Wildman–Crippen LogP) is 0.0739. The van der Waals surface area contributed by atoms with Crippen LogP contribution in [0.1, 0.15) is 25.6 Å². The van der Waals surface area contributed by atoms with Crippen molar-refractivity contribution < 1.29 is 9.32 Å². The molecule has 2 heterocycles. The van der Waals surface area contributed by atoms with Gasteiger partial charge in [0, 0.05) is 0 Å². The van der Waals surface area contributed by atoms with Gasteiger partial charge in [-0.25, -0.2) is 0 Å². The lowest BCUT2D eigenvalue weighted by Crippen LogP contribution is -2.48. The highest BCUT2D eigenvalue weighted by atomic mass is 16.5. The van der Waals surface area contributed by atoms with Crippen LogP contribution >= 0.6 is 0 Å². The van der Waals surface area contributed by atoms with Crippen molar-refractivity contribution in [1.29, 1.82) is 0 Å². The van der Waals surface area contributed by atoms with Gasteiger partial charge in [-0.1, -0.05) is 12.1 Å². The molecule has 0 aliphatic carbocycles. The van der Waals surface area contributed by atoms with E-state index in [2.05, 4.69) is 32.2 Å². The van der Waals surface area contributed by atoms with Crippen LogP contribution in [-0.2, 0) is 11.3 Å². The standard InChI is InChI=1S/C10H16N4O2/c1-7-2-3-11-8(4-7)10(15)12-5-9-13-6-16-14-9/h6-8,11H,2-5H2,1H3,(H,12,15). The molecule has 1 amide bonds. The second-order valence-electron chi connectivity index (χ2n) is 4.20. The summed E-state index contributed by atoms with van der Waals surface area (Å²) >= 11 is 0. The number of hydrogen-bond acceptors (Lipinski definition) is 5. The molecule has 1 saturated heterocycles. The second-order valence-corrected chi connectivity index (χ2v) is 4.20. The third-order valence-electron chi connectivity index (χ3n) is 2.81. The fraction of sp³-hybridized carbons (Fsp3) is 0.700. The van der Waals surface area contributed by atoms with E-state index >= 15 is 0 Å². The van der Waals surface area contributed by atoms with Gasteiger partial charge in [0.2, 0.25) is 12.3 Å². The zero-order valence-electron chi connectivity index (χ0n) is 9.27. The summed E-state index contributed by atoms with van der Waals surface area (Å²) < 4.78 is 4.58. The largest absolute Gasteiger partial charge is 0.347 e. The molecule has 1 fully saturated rings. The summed E-state index contributed by atoms with van der Waals surface area (Å²) in [6.07, 6.45) is 3.27. The molecular formula is C10H16N4O2. The Labute approximate surface area is 93.8 Å². The van der Waals surface area contributed by atoms with Gasteiger partial charge < -0.3 is 15.2 Å². The highest BCUT2D eigenvalue weighted by Crippen LogP contribution is 2.14. The van der Waals surface area contributed by atoms with Crippen molar-refractivity contribution in [3.05, 3.63) is 12.2 Å². The fourth-order valence-corrected chi connectivity index (χ4v) is 1.87. The molecule has 0 saturated carbocycles. The first-order valence-electron chi connectivity index (χ1n) is 5.52. The van der Waals surface area contributed by atoms with Crippen LogP contribution in [0.4, 0.5) is 0 Å².